The van der Waals surface area contributed by atoms with Crippen molar-refractivity contribution in [2.45, 2.75) is 13.0 Å². The van der Waals surface area contributed by atoms with E-state index < -0.39 is 0 Å². The van der Waals surface area contributed by atoms with E-state index in [1.807, 2.05) is 54.6 Å². The molecule has 1 aliphatic rings. The third-order valence-electron chi connectivity index (χ3n) is 5.36. The Morgan fingerprint density at radius 2 is 1.56 bits per heavy atom. The van der Waals surface area contributed by atoms with E-state index in [0.717, 1.165) is 17.0 Å². The summed E-state index contributed by atoms with van der Waals surface area (Å²) in [5.74, 6) is 1.21. The first-order valence-electron chi connectivity index (χ1n) is 10.5. The number of rotatable bonds is 8. The SMILES string of the molecule is COC(=O)c1ccc(OCC2CC(=O)N(c3ccc(OCc4ccccc4)cc3)C2)cc1. The van der Waals surface area contributed by atoms with Gasteiger partial charge in [0.15, 0.2) is 0 Å². The van der Waals surface area contributed by atoms with Crippen LogP contribution >= 0.6 is 0 Å². The highest BCUT2D eigenvalue weighted by Gasteiger charge is 2.31. The van der Waals surface area contributed by atoms with E-state index in [4.69, 9.17) is 14.2 Å². The molecular formula is C26H25NO5. The third kappa shape index (κ3) is 5.27. The predicted octanol–water partition coefficient (Wildman–Crippen LogP) is 4.48. The van der Waals surface area contributed by atoms with Crippen LogP contribution in [0, 0.1) is 5.92 Å². The molecule has 0 saturated carbocycles. The first kappa shape index (κ1) is 21.4. The van der Waals surface area contributed by atoms with Gasteiger partial charge in [0.1, 0.15) is 18.1 Å². The Morgan fingerprint density at radius 3 is 2.25 bits per heavy atom. The van der Waals surface area contributed by atoms with E-state index in [9.17, 15) is 9.59 Å². The van der Waals surface area contributed by atoms with E-state index in [1.165, 1.54) is 7.11 Å². The fourth-order valence-electron chi connectivity index (χ4n) is 3.63. The fourth-order valence-corrected chi connectivity index (χ4v) is 3.63. The summed E-state index contributed by atoms with van der Waals surface area (Å²) in [7, 11) is 1.35. The van der Waals surface area contributed by atoms with Gasteiger partial charge < -0.3 is 19.1 Å². The maximum Gasteiger partial charge on any atom is 0.337 e. The number of methoxy groups -OCH3 is 1. The number of hydrogen-bond donors (Lipinski definition) is 0. The minimum atomic E-state index is -0.384. The average molecular weight is 431 g/mol. The zero-order valence-corrected chi connectivity index (χ0v) is 17.9. The van der Waals surface area contributed by atoms with Crippen molar-refractivity contribution < 1.29 is 23.8 Å². The summed E-state index contributed by atoms with van der Waals surface area (Å²) in [6, 6.07) is 24.4. The second-order valence-electron chi connectivity index (χ2n) is 7.67. The van der Waals surface area contributed by atoms with Gasteiger partial charge in [-0.2, -0.15) is 0 Å². The normalized spacial score (nSPS) is 15.5. The number of hydrogen-bond acceptors (Lipinski definition) is 5. The van der Waals surface area contributed by atoms with Crippen LogP contribution in [0.1, 0.15) is 22.3 Å². The lowest BCUT2D eigenvalue weighted by Crippen LogP contribution is -2.25. The van der Waals surface area contributed by atoms with Crippen LogP contribution in [0.2, 0.25) is 0 Å². The average Bonchev–Trinajstić information content (AvgIpc) is 3.22. The molecule has 0 aliphatic carbocycles. The smallest absolute Gasteiger partial charge is 0.337 e. The van der Waals surface area contributed by atoms with E-state index in [0.29, 0.717) is 37.5 Å². The van der Waals surface area contributed by atoms with Crippen molar-refractivity contribution in [3.05, 3.63) is 90.0 Å². The number of nitrogens with zero attached hydrogens (tertiary/aromatic N) is 1. The van der Waals surface area contributed by atoms with E-state index >= 15 is 0 Å². The minimum Gasteiger partial charge on any atom is -0.493 e. The Hall–Kier alpha value is -3.80. The van der Waals surface area contributed by atoms with Crippen molar-refractivity contribution in [2.75, 3.05) is 25.2 Å². The second kappa shape index (κ2) is 10.0. The molecule has 0 bridgehead atoms. The van der Waals surface area contributed by atoms with Crippen LogP contribution < -0.4 is 14.4 Å². The number of carbonyl (C=O) groups is 2. The van der Waals surface area contributed by atoms with E-state index in [1.54, 1.807) is 29.2 Å². The van der Waals surface area contributed by atoms with Crippen molar-refractivity contribution in [3.63, 3.8) is 0 Å². The molecule has 1 amide bonds. The van der Waals surface area contributed by atoms with Crippen molar-refractivity contribution in [2.24, 2.45) is 5.92 Å². The maximum atomic E-state index is 12.5. The van der Waals surface area contributed by atoms with Crippen LogP contribution in [-0.2, 0) is 16.1 Å². The molecule has 1 heterocycles. The quantitative estimate of drug-likeness (QED) is 0.492. The molecule has 0 N–H and O–H groups in total. The molecule has 3 aromatic carbocycles. The Morgan fingerprint density at radius 1 is 0.906 bits per heavy atom. The fraction of sp³-hybridized carbons (Fsp3) is 0.231. The van der Waals surface area contributed by atoms with Gasteiger partial charge in [0, 0.05) is 24.6 Å². The molecule has 32 heavy (non-hydrogen) atoms. The minimum absolute atomic E-state index is 0.0811. The zero-order valence-electron chi connectivity index (χ0n) is 17.9. The van der Waals surface area contributed by atoms with Crippen LogP contribution in [0.15, 0.2) is 78.9 Å². The van der Waals surface area contributed by atoms with Crippen molar-refractivity contribution in [3.8, 4) is 11.5 Å². The van der Waals surface area contributed by atoms with E-state index in [-0.39, 0.29) is 17.8 Å². The van der Waals surface area contributed by atoms with Gasteiger partial charge in [-0.05, 0) is 54.1 Å². The van der Waals surface area contributed by atoms with Crippen LogP contribution in [0.25, 0.3) is 0 Å². The van der Waals surface area contributed by atoms with Crippen molar-refractivity contribution in [1.82, 2.24) is 0 Å². The Labute approximate surface area is 187 Å². The summed E-state index contributed by atoms with van der Waals surface area (Å²) in [4.78, 5) is 25.8. The molecule has 3 aromatic rings. The summed E-state index contributed by atoms with van der Waals surface area (Å²) < 4.78 is 16.3. The molecule has 4 rings (SSSR count). The Balaban J connectivity index is 1.29. The molecule has 1 unspecified atom stereocenters. The first-order chi connectivity index (χ1) is 15.6. The standard InChI is InChI=1S/C26H25NO5/c1-30-26(29)21-7-11-23(12-8-21)32-18-20-15-25(28)27(16-20)22-9-13-24(14-10-22)31-17-19-5-3-2-4-6-19/h2-14,20H,15-18H2,1H3. The zero-order chi connectivity index (χ0) is 22.3. The Bertz CT molecular complexity index is 1050. The highest BCUT2D eigenvalue weighted by Crippen LogP contribution is 2.28. The van der Waals surface area contributed by atoms with Crippen LogP contribution in [0.4, 0.5) is 5.69 Å². The first-order valence-corrected chi connectivity index (χ1v) is 10.5. The lowest BCUT2D eigenvalue weighted by Gasteiger charge is -2.17. The lowest BCUT2D eigenvalue weighted by atomic mass is 10.1. The monoisotopic (exact) mass is 431 g/mol. The van der Waals surface area contributed by atoms with Gasteiger partial charge in [0.2, 0.25) is 5.91 Å². The van der Waals surface area contributed by atoms with Crippen LogP contribution in [0.5, 0.6) is 11.5 Å². The van der Waals surface area contributed by atoms with Gasteiger partial charge in [-0.1, -0.05) is 30.3 Å². The number of esters is 1. The molecular weight excluding hydrogens is 406 g/mol. The van der Waals surface area contributed by atoms with Gasteiger partial charge in [0.25, 0.3) is 0 Å². The highest BCUT2D eigenvalue weighted by atomic mass is 16.5. The summed E-state index contributed by atoms with van der Waals surface area (Å²) in [5.41, 5.74) is 2.43. The number of anilines is 1. The molecule has 6 heteroatoms. The van der Waals surface area contributed by atoms with Crippen LogP contribution in [-0.4, -0.2) is 32.1 Å². The number of benzene rings is 3. The van der Waals surface area contributed by atoms with Gasteiger partial charge in [-0.25, -0.2) is 4.79 Å². The summed E-state index contributed by atoms with van der Waals surface area (Å²) in [6.07, 6.45) is 0.437. The molecule has 1 fully saturated rings. The van der Waals surface area contributed by atoms with Crippen LogP contribution in [0.3, 0.4) is 0 Å². The number of ether oxygens (including phenoxy) is 3. The third-order valence-corrected chi connectivity index (χ3v) is 5.36. The molecule has 0 radical (unpaired) electrons. The van der Waals surface area contributed by atoms with Gasteiger partial charge >= 0.3 is 5.97 Å². The summed E-state index contributed by atoms with van der Waals surface area (Å²) in [5, 5.41) is 0. The molecule has 6 nitrogen and oxygen atoms in total. The summed E-state index contributed by atoms with van der Waals surface area (Å²) >= 11 is 0. The predicted molar refractivity (Wildman–Crippen MR) is 121 cm³/mol. The topological polar surface area (TPSA) is 65.1 Å². The largest absolute Gasteiger partial charge is 0.493 e. The van der Waals surface area contributed by atoms with Gasteiger partial charge in [0.05, 0.1) is 19.3 Å². The van der Waals surface area contributed by atoms with E-state index in [2.05, 4.69) is 0 Å². The van der Waals surface area contributed by atoms with Gasteiger partial charge in [-0.3, -0.25) is 4.79 Å². The molecule has 164 valence electrons. The number of carbonyl (C=O) groups excluding carboxylic acids is 2. The molecule has 1 aliphatic heterocycles. The molecule has 0 spiro atoms. The van der Waals surface area contributed by atoms with Crippen molar-refractivity contribution >= 4 is 17.6 Å². The van der Waals surface area contributed by atoms with Crippen molar-refractivity contribution in [1.29, 1.82) is 0 Å². The lowest BCUT2D eigenvalue weighted by molar-refractivity contribution is -0.117. The Kier molecular flexibility index (Phi) is 6.70. The maximum absolute atomic E-state index is 12.5. The molecule has 1 atom stereocenters. The highest BCUT2D eigenvalue weighted by molar-refractivity contribution is 5.95. The summed E-state index contributed by atoms with van der Waals surface area (Å²) in [6.45, 7) is 1.53. The van der Waals surface area contributed by atoms with Gasteiger partial charge in [-0.15, -0.1) is 0 Å². The second-order valence-corrected chi connectivity index (χ2v) is 7.67. The molecule has 1 saturated heterocycles. The molecule has 0 aromatic heterocycles. The number of amides is 1.